The number of aryl methyl sites for hydroxylation is 1. The maximum atomic E-state index is 6.02. The van der Waals surface area contributed by atoms with Crippen LogP contribution in [0.3, 0.4) is 0 Å². The summed E-state index contributed by atoms with van der Waals surface area (Å²) in [4.78, 5) is 7.16. The molecule has 1 fully saturated rings. The molecule has 1 aliphatic rings. The van der Waals surface area contributed by atoms with Crippen LogP contribution in [0.25, 0.3) is 16.9 Å². The number of halogens is 1. The van der Waals surface area contributed by atoms with Crippen LogP contribution < -0.4 is 30.0 Å². The molecule has 1 N–H and O–H groups in total. The zero-order valence-electron chi connectivity index (χ0n) is 19.5. The van der Waals surface area contributed by atoms with Crippen molar-refractivity contribution in [3.8, 4) is 17.0 Å². The van der Waals surface area contributed by atoms with Gasteiger partial charge in [0.1, 0.15) is 0 Å². The molecule has 0 spiro atoms. The Kier molecular flexibility index (Phi) is 7.59. The van der Waals surface area contributed by atoms with Crippen molar-refractivity contribution in [3.63, 3.8) is 0 Å². The van der Waals surface area contributed by atoms with Gasteiger partial charge in [0.2, 0.25) is 0 Å². The number of hydrogen-bond donors (Lipinski definition) is 1. The zero-order valence-corrected chi connectivity index (χ0v) is 21.7. The first-order chi connectivity index (χ1) is 16.8. The number of aromatic nitrogens is 5. The molecule has 0 unspecified atom stereocenters. The van der Waals surface area contributed by atoms with Gasteiger partial charge in [-0.05, 0) is 6.42 Å². The molecule has 0 atom stereocenters. The minimum absolute atomic E-state index is 0.299. The second-order valence-corrected chi connectivity index (χ2v) is 10.3. The smallest absolute Gasteiger partial charge is 0.181 e. The molecule has 5 rings (SSSR count). The molecule has 0 saturated carbocycles. The van der Waals surface area contributed by atoms with E-state index in [0.717, 1.165) is 45.9 Å². The zero-order chi connectivity index (χ0) is 23.2. The number of hydrogen-bond acceptors (Lipinski definition) is 6. The van der Waals surface area contributed by atoms with Crippen molar-refractivity contribution in [2.45, 2.75) is 45.6 Å². The second-order valence-electron chi connectivity index (χ2n) is 8.60. The van der Waals surface area contributed by atoms with Crippen molar-refractivity contribution < 1.29 is 24.7 Å². The molecule has 4 aromatic rings. The Balaban J connectivity index is 1.23. The van der Waals surface area contributed by atoms with Gasteiger partial charge in [-0.15, -0.1) is 0 Å². The van der Waals surface area contributed by atoms with Gasteiger partial charge < -0.3 is 0 Å². The van der Waals surface area contributed by atoms with Gasteiger partial charge in [-0.2, -0.15) is 5.10 Å². The number of fused-ring (bicyclic) bond motifs is 1. The van der Waals surface area contributed by atoms with E-state index in [2.05, 4.69) is 39.5 Å². The van der Waals surface area contributed by atoms with E-state index >= 15 is 0 Å². The Labute approximate surface area is 211 Å². The van der Waals surface area contributed by atoms with Gasteiger partial charge >= 0.3 is 169 Å². The molecule has 1 saturated heterocycles. The van der Waals surface area contributed by atoms with Crippen molar-refractivity contribution in [2.24, 2.45) is 0 Å². The summed E-state index contributed by atoms with van der Waals surface area (Å²) in [6.45, 7) is 5.60. The number of benzene rings is 1. The number of nitrogens with zero attached hydrogens (tertiary/aromatic N) is 6. The second kappa shape index (κ2) is 11.2. The first kappa shape index (κ1) is 23.1. The van der Waals surface area contributed by atoms with Gasteiger partial charge in [-0.25, -0.2) is 0 Å². The van der Waals surface area contributed by atoms with Gasteiger partial charge in [-0.1, -0.05) is 19.8 Å². The Morgan fingerprint density at radius 3 is 2.74 bits per heavy atom. The van der Waals surface area contributed by atoms with Gasteiger partial charge in [0, 0.05) is 6.54 Å². The fourth-order valence-corrected chi connectivity index (χ4v) is 5.96. The van der Waals surface area contributed by atoms with Crippen molar-refractivity contribution in [1.29, 1.82) is 0 Å². The molecule has 180 valence electrons. The summed E-state index contributed by atoms with van der Waals surface area (Å²) in [5.41, 5.74) is 3.75. The SMILES string of the molecule is CCCCCn1cc(-c2cccc3nc(Nc4ccc(O[I-]CN5CCCC5)cc4)nn23)cn1. The first-order valence-corrected chi connectivity index (χ1v) is 14.4. The summed E-state index contributed by atoms with van der Waals surface area (Å²) < 4.78 is 11.0. The number of rotatable bonds is 11. The summed E-state index contributed by atoms with van der Waals surface area (Å²) in [6.07, 6.45) is 10.2. The van der Waals surface area contributed by atoms with Crippen LogP contribution in [0.15, 0.2) is 54.9 Å². The topological polar surface area (TPSA) is 72.5 Å². The Morgan fingerprint density at radius 2 is 1.91 bits per heavy atom. The van der Waals surface area contributed by atoms with E-state index in [9.17, 15) is 0 Å². The molecule has 8 nitrogen and oxygen atoms in total. The third-order valence-corrected chi connectivity index (χ3v) is 8.01. The molecule has 0 bridgehead atoms. The molecule has 0 amide bonds. The molecule has 1 aromatic carbocycles. The molecular formula is C25H31IN7O-. The monoisotopic (exact) mass is 572 g/mol. The van der Waals surface area contributed by atoms with Gasteiger partial charge in [0.15, 0.2) is 0 Å². The summed E-state index contributed by atoms with van der Waals surface area (Å²) in [7, 11) is 0. The molecule has 3 aromatic heterocycles. The summed E-state index contributed by atoms with van der Waals surface area (Å²) in [5.74, 6) is 1.50. The molecule has 0 aliphatic carbocycles. The van der Waals surface area contributed by atoms with E-state index in [1.54, 1.807) is 0 Å². The first-order valence-electron chi connectivity index (χ1n) is 12.0. The van der Waals surface area contributed by atoms with Crippen LogP contribution in [0.4, 0.5) is 11.6 Å². The minimum atomic E-state index is -0.299. The maximum absolute atomic E-state index is 6.02. The van der Waals surface area contributed by atoms with Crippen LogP contribution >= 0.6 is 0 Å². The Hall–Kier alpha value is -2.66. The number of likely N-dealkylation sites (tertiary alicyclic amines) is 1. The average molecular weight is 572 g/mol. The quantitative estimate of drug-likeness (QED) is 0.128. The number of nitrogens with one attached hydrogen (secondary N) is 1. The van der Waals surface area contributed by atoms with Crippen LogP contribution in [-0.2, 0) is 6.54 Å². The van der Waals surface area contributed by atoms with E-state index in [1.165, 1.54) is 38.8 Å². The third-order valence-electron chi connectivity index (χ3n) is 5.95. The summed E-state index contributed by atoms with van der Waals surface area (Å²) >= 11 is -0.299. The average Bonchev–Trinajstić information content (AvgIpc) is 3.61. The van der Waals surface area contributed by atoms with Gasteiger partial charge in [0.25, 0.3) is 0 Å². The molecule has 34 heavy (non-hydrogen) atoms. The van der Waals surface area contributed by atoms with Crippen LogP contribution in [0, 0.1) is 0 Å². The van der Waals surface area contributed by atoms with Crippen molar-refractivity contribution in [3.05, 3.63) is 54.9 Å². The van der Waals surface area contributed by atoms with E-state index in [-0.39, 0.29) is 21.6 Å². The van der Waals surface area contributed by atoms with Gasteiger partial charge in [-0.3, -0.25) is 4.68 Å². The van der Waals surface area contributed by atoms with Crippen molar-refractivity contribution >= 4 is 17.3 Å². The van der Waals surface area contributed by atoms with E-state index in [4.69, 9.17) is 8.16 Å². The standard InChI is InChI=1S/C25H31IN7O/c1-2-3-4-16-32-18-20(17-27-32)23-8-7-9-24-29-25(30-33(23)24)28-21-10-12-22(13-11-21)34-26-19-31-14-5-6-15-31/h7-13,17-18H,2-6,14-16,19H2,1H3,(H,28,30)/q-1. The van der Waals surface area contributed by atoms with Crippen LogP contribution in [-0.4, -0.2) is 46.9 Å². The number of alkyl halides is 1. The fourth-order valence-electron chi connectivity index (χ4n) is 4.10. The third kappa shape index (κ3) is 5.69. The predicted octanol–water partition coefficient (Wildman–Crippen LogP) is 1.96. The summed E-state index contributed by atoms with van der Waals surface area (Å²) in [5, 5.41) is 12.6. The number of anilines is 2. The van der Waals surface area contributed by atoms with Gasteiger partial charge in [0.05, 0.1) is 0 Å². The normalized spacial score (nSPS) is 14.3. The Bertz CT molecular complexity index is 1200. The van der Waals surface area contributed by atoms with Crippen LogP contribution in [0.1, 0.15) is 39.0 Å². The predicted molar refractivity (Wildman–Crippen MR) is 130 cm³/mol. The van der Waals surface area contributed by atoms with E-state index in [0.29, 0.717) is 5.95 Å². The Morgan fingerprint density at radius 1 is 1.06 bits per heavy atom. The molecule has 1 aliphatic heterocycles. The number of pyridine rings is 1. The van der Waals surface area contributed by atoms with Crippen LogP contribution in [0.2, 0.25) is 0 Å². The molecule has 9 heteroatoms. The molecule has 0 radical (unpaired) electrons. The van der Waals surface area contributed by atoms with E-state index < -0.39 is 0 Å². The number of unbranched alkanes of at least 4 members (excludes halogenated alkanes) is 2. The van der Waals surface area contributed by atoms with E-state index in [1.807, 2.05) is 51.8 Å². The minimum Gasteiger partial charge on any atom is -0.181 e. The molecule has 4 heterocycles. The van der Waals surface area contributed by atoms with Crippen LogP contribution in [0.5, 0.6) is 5.75 Å². The molecular weight excluding hydrogens is 541 g/mol. The fraction of sp³-hybridized carbons (Fsp3) is 0.400. The summed E-state index contributed by atoms with van der Waals surface area (Å²) in [6, 6.07) is 14.1. The van der Waals surface area contributed by atoms with Crippen molar-refractivity contribution in [1.82, 2.24) is 29.3 Å². The van der Waals surface area contributed by atoms with Crippen molar-refractivity contribution in [2.75, 3.05) is 23.0 Å².